The Morgan fingerprint density at radius 2 is 2.35 bits per heavy atom. The van der Waals surface area contributed by atoms with Gasteiger partial charge in [0.25, 0.3) is 0 Å². The smallest absolute Gasteiger partial charge is 0.0299 e. The van der Waals surface area contributed by atoms with Gasteiger partial charge >= 0.3 is 0 Å². The predicted molar refractivity (Wildman–Crippen MR) is 75.7 cm³/mol. The summed E-state index contributed by atoms with van der Waals surface area (Å²) in [5.74, 6) is 0.933. The summed E-state index contributed by atoms with van der Waals surface area (Å²) in [6.07, 6.45) is 4.07. The fourth-order valence-corrected chi connectivity index (χ4v) is 3.45. The lowest BCUT2D eigenvalue weighted by molar-refractivity contribution is 0.493. The van der Waals surface area contributed by atoms with Crippen molar-refractivity contribution in [2.45, 2.75) is 39.7 Å². The molecule has 0 spiro atoms. The fourth-order valence-electron chi connectivity index (χ4n) is 2.42. The Morgan fingerprint density at radius 3 is 3.00 bits per heavy atom. The Balaban J connectivity index is 1.56. The molecule has 1 aromatic heterocycles. The quantitative estimate of drug-likeness (QED) is 0.761. The van der Waals surface area contributed by atoms with Gasteiger partial charge < -0.3 is 10.6 Å². The van der Waals surface area contributed by atoms with Gasteiger partial charge in [-0.15, -0.1) is 11.3 Å². The van der Waals surface area contributed by atoms with Crippen LogP contribution in [0, 0.1) is 19.8 Å². The second-order valence-electron chi connectivity index (χ2n) is 5.13. The van der Waals surface area contributed by atoms with Crippen LogP contribution in [-0.2, 0) is 6.54 Å². The van der Waals surface area contributed by atoms with E-state index in [0.717, 1.165) is 19.0 Å². The Kier molecular flexibility index (Phi) is 5.01. The molecule has 0 aromatic carbocycles. The summed E-state index contributed by atoms with van der Waals surface area (Å²) in [7, 11) is 0. The van der Waals surface area contributed by atoms with Crippen molar-refractivity contribution in [2.75, 3.05) is 19.6 Å². The second kappa shape index (κ2) is 6.53. The van der Waals surface area contributed by atoms with Crippen LogP contribution in [0.2, 0.25) is 0 Å². The zero-order chi connectivity index (χ0) is 12.1. The Labute approximate surface area is 109 Å². The molecule has 1 aromatic rings. The topological polar surface area (TPSA) is 24.1 Å². The van der Waals surface area contributed by atoms with E-state index < -0.39 is 0 Å². The molecule has 3 heteroatoms. The first-order chi connectivity index (χ1) is 8.25. The minimum atomic E-state index is 0.933. The average molecular weight is 252 g/mol. The minimum Gasteiger partial charge on any atom is -0.316 e. The minimum absolute atomic E-state index is 0.933. The lowest BCUT2D eigenvalue weighted by Gasteiger charge is -2.08. The van der Waals surface area contributed by atoms with Crippen molar-refractivity contribution in [3.63, 3.8) is 0 Å². The predicted octanol–water partition coefficient (Wildman–Crippen LogP) is 2.84. The van der Waals surface area contributed by atoms with Crippen molar-refractivity contribution >= 4 is 11.3 Å². The molecule has 0 saturated carbocycles. The molecule has 0 aliphatic carbocycles. The van der Waals surface area contributed by atoms with Gasteiger partial charge in [-0.3, -0.25) is 0 Å². The molecule has 2 nitrogen and oxygen atoms in total. The number of aryl methyl sites for hydroxylation is 2. The molecule has 2 heterocycles. The molecule has 1 saturated heterocycles. The maximum atomic E-state index is 3.56. The van der Waals surface area contributed by atoms with E-state index in [4.69, 9.17) is 0 Å². The third-order valence-corrected chi connectivity index (χ3v) is 4.80. The number of thiophene rings is 1. The molecule has 0 radical (unpaired) electrons. The summed E-state index contributed by atoms with van der Waals surface area (Å²) >= 11 is 1.93. The zero-order valence-electron chi connectivity index (χ0n) is 11.0. The summed E-state index contributed by atoms with van der Waals surface area (Å²) in [5, 5.41) is 6.99. The Morgan fingerprint density at radius 1 is 1.47 bits per heavy atom. The van der Waals surface area contributed by atoms with E-state index in [-0.39, 0.29) is 0 Å². The Bertz CT molecular complexity index is 320. The largest absolute Gasteiger partial charge is 0.316 e. The first kappa shape index (κ1) is 13.1. The van der Waals surface area contributed by atoms with Gasteiger partial charge in [0.1, 0.15) is 0 Å². The molecule has 2 rings (SSSR count). The van der Waals surface area contributed by atoms with Gasteiger partial charge in [-0.2, -0.15) is 0 Å². The molecule has 1 aliphatic heterocycles. The molecule has 96 valence electrons. The van der Waals surface area contributed by atoms with Crippen LogP contribution in [0.4, 0.5) is 0 Å². The molecule has 1 fully saturated rings. The van der Waals surface area contributed by atoms with E-state index in [0.29, 0.717) is 0 Å². The third kappa shape index (κ3) is 4.09. The lowest BCUT2D eigenvalue weighted by atomic mass is 10.0. The molecular weight excluding hydrogens is 228 g/mol. The number of nitrogens with one attached hydrogen (secondary N) is 2. The van der Waals surface area contributed by atoms with Gasteiger partial charge in [0.05, 0.1) is 0 Å². The molecular formula is C14H24N2S. The molecule has 0 amide bonds. The van der Waals surface area contributed by atoms with E-state index >= 15 is 0 Å². The summed E-state index contributed by atoms with van der Waals surface area (Å²) in [6.45, 7) is 9.07. The summed E-state index contributed by atoms with van der Waals surface area (Å²) in [6, 6.07) is 2.31. The van der Waals surface area contributed by atoms with Crippen LogP contribution in [0.15, 0.2) is 6.07 Å². The van der Waals surface area contributed by atoms with Crippen LogP contribution >= 0.6 is 11.3 Å². The first-order valence-corrected chi connectivity index (χ1v) is 7.54. The van der Waals surface area contributed by atoms with Crippen molar-refractivity contribution in [1.82, 2.24) is 10.6 Å². The van der Waals surface area contributed by atoms with E-state index in [9.17, 15) is 0 Å². The maximum Gasteiger partial charge on any atom is 0.0299 e. The molecule has 0 bridgehead atoms. The van der Waals surface area contributed by atoms with Crippen molar-refractivity contribution < 1.29 is 0 Å². The maximum absolute atomic E-state index is 3.56. The highest BCUT2D eigenvalue weighted by atomic mass is 32.1. The molecule has 1 unspecified atom stereocenters. The van der Waals surface area contributed by atoms with Gasteiger partial charge in [0.15, 0.2) is 0 Å². The number of hydrogen-bond acceptors (Lipinski definition) is 3. The number of hydrogen-bond donors (Lipinski definition) is 2. The summed E-state index contributed by atoms with van der Waals surface area (Å²) in [4.78, 5) is 2.93. The summed E-state index contributed by atoms with van der Waals surface area (Å²) in [5.41, 5.74) is 1.43. The van der Waals surface area contributed by atoms with Gasteiger partial charge in [-0.25, -0.2) is 0 Å². The van der Waals surface area contributed by atoms with Crippen molar-refractivity contribution in [3.8, 4) is 0 Å². The second-order valence-corrected chi connectivity index (χ2v) is 6.47. The van der Waals surface area contributed by atoms with Crippen LogP contribution in [0.5, 0.6) is 0 Å². The zero-order valence-corrected chi connectivity index (χ0v) is 11.8. The van der Waals surface area contributed by atoms with Crippen LogP contribution in [0.3, 0.4) is 0 Å². The third-order valence-electron chi connectivity index (χ3n) is 3.64. The molecule has 17 heavy (non-hydrogen) atoms. The first-order valence-electron chi connectivity index (χ1n) is 6.73. The van der Waals surface area contributed by atoms with Gasteiger partial charge in [0, 0.05) is 16.3 Å². The van der Waals surface area contributed by atoms with E-state index in [1.807, 2.05) is 11.3 Å². The fraction of sp³-hybridized carbons (Fsp3) is 0.714. The number of rotatable bonds is 6. The normalized spacial score (nSPS) is 20.0. The Hall–Kier alpha value is -0.380. The van der Waals surface area contributed by atoms with Gasteiger partial charge in [-0.05, 0) is 70.3 Å². The highest BCUT2D eigenvalue weighted by molar-refractivity contribution is 7.12. The van der Waals surface area contributed by atoms with Crippen LogP contribution in [-0.4, -0.2) is 19.6 Å². The van der Waals surface area contributed by atoms with Crippen LogP contribution in [0.1, 0.15) is 34.6 Å². The van der Waals surface area contributed by atoms with Crippen molar-refractivity contribution in [3.05, 3.63) is 21.4 Å². The lowest BCUT2D eigenvalue weighted by Crippen LogP contribution is -2.16. The average Bonchev–Trinajstić information content (AvgIpc) is 2.90. The SMILES string of the molecule is Cc1cc(CNCCCC2CCNC2)sc1C. The van der Waals surface area contributed by atoms with E-state index in [1.165, 1.54) is 47.7 Å². The molecule has 2 N–H and O–H groups in total. The van der Waals surface area contributed by atoms with Gasteiger partial charge in [0.2, 0.25) is 0 Å². The highest BCUT2D eigenvalue weighted by Crippen LogP contribution is 2.20. The van der Waals surface area contributed by atoms with Crippen molar-refractivity contribution in [2.24, 2.45) is 5.92 Å². The standard InChI is InChI=1S/C14H24N2S/c1-11-8-14(17-12(11)2)10-15-6-3-4-13-5-7-16-9-13/h8,13,15-16H,3-7,9-10H2,1-2H3. The van der Waals surface area contributed by atoms with E-state index in [1.54, 1.807) is 0 Å². The van der Waals surface area contributed by atoms with E-state index in [2.05, 4.69) is 30.5 Å². The van der Waals surface area contributed by atoms with Gasteiger partial charge in [-0.1, -0.05) is 0 Å². The molecule has 1 aliphatic rings. The summed E-state index contributed by atoms with van der Waals surface area (Å²) < 4.78 is 0. The van der Waals surface area contributed by atoms with Crippen molar-refractivity contribution in [1.29, 1.82) is 0 Å². The highest BCUT2D eigenvalue weighted by Gasteiger charge is 2.13. The monoisotopic (exact) mass is 252 g/mol. The molecule has 1 atom stereocenters. The van der Waals surface area contributed by atoms with Crippen LogP contribution in [0.25, 0.3) is 0 Å². The van der Waals surface area contributed by atoms with Crippen LogP contribution < -0.4 is 10.6 Å².